The molecule has 0 saturated carbocycles. The minimum atomic E-state index is -2.29. The van der Waals surface area contributed by atoms with E-state index in [0.717, 1.165) is 22.7 Å². The summed E-state index contributed by atoms with van der Waals surface area (Å²) in [7, 11) is 0. The molecule has 5 nitrogen and oxygen atoms in total. The van der Waals surface area contributed by atoms with E-state index in [4.69, 9.17) is 22.6 Å². The van der Waals surface area contributed by atoms with Crippen LogP contribution in [0.3, 0.4) is 0 Å². The average Bonchev–Trinajstić information content (AvgIpc) is 3.07. The Morgan fingerprint density at radius 3 is 3.12 bits per heavy atom. The van der Waals surface area contributed by atoms with Crippen molar-refractivity contribution in [1.29, 1.82) is 5.26 Å². The lowest BCUT2D eigenvalue weighted by Crippen LogP contribution is -2.38. The second-order valence-corrected chi connectivity index (χ2v) is 7.18. The van der Waals surface area contributed by atoms with Crippen LogP contribution < -0.4 is 5.31 Å². The van der Waals surface area contributed by atoms with Gasteiger partial charge in [-0.2, -0.15) is 5.26 Å². The van der Waals surface area contributed by atoms with Crippen LogP contribution >= 0.6 is 22.9 Å². The van der Waals surface area contributed by atoms with E-state index in [-0.39, 0.29) is 70.7 Å². The molecule has 1 saturated heterocycles. The summed E-state index contributed by atoms with van der Waals surface area (Å²) in [5.41, 5.74) is -0.600. The van der Waals surface area contributed by atoms with Crippen LogP contribution in [0.15, 0.2) is 36.6 Å². The van der Waals surface area contributed by atoms with Crippen LogP contribution in [0, 0.1) is 11.3 Å². The van der Waals surface area contributed by atoms with Crippen LogP contribution in [0.1, 0.15) is 33.6 Å². The number of hydrogen-bond acceptors (Lipinski definition) is 6. The molecule has 1 aliphatic heterocycles. The molecule has 0 aliphatic carbocycles. The van der Waals surface area contributed by atoms with Crippen LogP contribution in [0.2, 0.25) is 5.75 Å². The Morgan fingerprint density at radius 2 is 2.31 bits per heavy atom. The van der Waals surface area contributed by atoms with E-state index in [2.05, 4.69) is 9.97 Å². The lowest BCUT2D eigenvalue weighted by molar-refractivity contribution is 0.211. The van der Waals surface area contributed by atoms with Gasteiger partial charge in [-0.25, -0.2) is 9.97 Å². The van der Waals surface area contributed by atoms with Crippen molar-refractivity contribution in [2.75, 3.05) is 18.4 Å². The van der Waals surface area contributed by atoms with Gasteiger partial charge in [-0.05, 0) is 36.5 Å². The maximum Gasteiger partial charge on any atom is 0.162 e. The Hall–Kier alpha value is -2.20. The van der Waals surface area contributed by atoms with Crippen LogP contribution in [0.25, 0.3) is 10.2 Å². The van der Waals surface area contributed by atoms with Crippen molar-refractivity contribution in [3.63, 3.8) is 0 Å². The number of anilines is 1. The fraction of sp³-hybridized carbons (Fsp3) is 0.316. The SMILES string of the molecule is [2H]c1cc([2H])c(C([2H])([2H])N2CCC([2H])(N([2H])c3ncnc4sc(Cl)c([2H])c34)CC2)c([2H])c1C#N. The third-order valence-corrected chi connectivity index (χ3v) is 4.98. The summed E-state index contributed by atoms with van der Waals surface area (Å²) >= 11 is 7.15. The maximum absolute atomic E-state index is 9.26. The molecule has 3 heterocycles. The summed E-state index contributed by atoms with van der Waals surface area (Å²) in [6, 6.07) is 0.160. The van der Waals surface area contributed by atoms with E-state index in [1.807, 2.05) is 0 Å². The molecule has 1 fully saturated rings. The molecule has 0 amide bonds. The number of piperidine rings is 1. The number of fused-ring (bicyclic) bond motifs is 1. The van der Waals surface area contributed by atoms with Crippen molar-refractivity contribution < 1.29 is 11.0 Å². The summed E-state index contributed by atoms with van der Waals surface area (Å²) in [5.74, 6) is 0.0798. The van der Waals surface area contributed by atoms with Crippen LogP contribution in [-0.4, -0.2) is 34.0 Å². The number of aromatic nitrogens is 2. The minimum Gasteiger partial charge on any atom is -0.367 e. The fourth-order valence-electron chi connectivity index (χ4n) is 2.64. The second-order valence-electron chi connectivity index (χ2n) is 5.57. The molecule has 0 spiro atoms. The number of nitriles is 1. The highest BCUT2D eigenvalue weighted by molar-refractivity contribution is 7.22. The Bertz CT molecular complexity index is 1320. The quantitative estimate of drug-likeness (QED) is 0.718. The van der Waals surface area contributed by atoms with Gasteiger partial charge in [0, 0.05) is 28.3 Å². The summed E-state index contributed by atoms with van der Waals surface area (Å²) in [5, 5.41) is 10.5. The van der Waals surface area contributed by atoms with Crippen molar-refractivity contribution in [2.45, 2.75) is 25.4 Å². The average molecular weight is 392 g/mol. The number of rotatable bonds is 4. The minimum absolute atomic E-state index is 0.0102. The van der Waals surface area contributed by atoms with Gasteiger partial charge in [-0.3, -0.25) is 4.90 Å². The van der Waals surface area contributed by atoms with Crippen molar-refractivity contribution in [3.8, 4) is 6.07 Å². The molecule has 7 heteroatoms. The summed E-state index contributed by atoms with van der Waals surface area (Å²) < 4.78 is 67.3. The molecule has 1 aromatic carbocycles. The number of thiophene rings is 1. The monoisotopic (exact) mass is 391 g/mol. The molecule has 26 heavy (non-hydrogen) atoms. The lowest BCUT2D eigenvalue weighted by atomic mass is 10.0. The highest BCUT2D eigenvalue weighted by Gasteiger charge is 2.20. The van der Waals surface area contributed by atoms with Gasteiger partial charge in [0.25, 0.3) is 0 Å². The first-order chi connectivity index (χ1) is 15.9. The molecular formula is C19H18ClN5S. The molecule has 0 unspecified atom stereocenters. The maximum atomic E-state index is 9.26. The van der Waals surface area contributed by atoms with Gasteiger partial charge in [0.2, 0.25) is 0 Å². The number of hydrogen-bond donors (Lipinski definition) is 1. The van der Waals surface area contributed by atoms with Gasteiger partial charge in [0.05, 0.1) is 28.2 Å². The third kappa shape index (κ3) is 3.80. The van der Waals surface area contributed by atoms with Crippen LogP contribution in [0.4, 0.5) is 5.82 Å². The number of likely N-dealkylation sites (tertiary alicyclic amines) is 1. The molecule has 132 valence electrons. The van der Waals surface area contributed by atoms with E-state index in [9.17, 15) is 5.26 Å². The molecule has 1 N–H and O–H groups in total. The Balaban J connectivity index is 1.62. The number of benzene rings is 1. The van der Waals surface area contributed by atoms with Crippen molar-refractivity contribution in [2.24, 2.45) is 0 Å². The van der Waals surface area contributed by atoms with Gasteiger partial charge in [0.15, 0.2) is 1.41 Å². The predicted molar refractivity (Wildman–Crippen MR) is 106 cm³/mol. The highest BCUT2D eigenvalue weighted by atomic mass is 35.5. The Kier molecular flexibility index (Phi) is 2.98. The third-order valence-electron chi connectivity index (χ3n) is 3.87. The van der Waals surface area contributed by atoms with E-state index in [1.54, 1.807) is 6.07 Å². The largest absolute Gasteiger partial charge is 0.367 e. The molecule has 3 aromatic rings. The second kappa shape index (κ2) is 7.58. The smallest absolute Gasteiger partial charge is 0.162 e. The molecule has 0 bridgehead atoms. The van der Waals surface area contributed by atoms with Gasteiger partial charge in [0.1, 0.15) is 17.0 Å². The summed E-state index contributed by atoms with van der Waals surface area (Å²) in [6.07, 6.45) is 1.32. The Labute approximate surface area is 172 Å². The first-order valence-electron chi connectivity index (χ1n) is 11.8. The van der Waals surface area contributed by atoms with Crippen molar-refractivity contribution in [3.05, 3.63) is 52.0 Å². The predicted octanol–water partition coefficient (Wildman–Crippen LogP) is 4.29. The van der Waals surface area contributed by atoms with Gasteiger partial charge < -0.3 is 5.31 Å². The van der Waals surface area contributed by atoms with E-state index < -0.39 is 18.6 Å². The van der Waals surface area contributed by atoms with E-state index in [1.165, 1.54) is 11.2 Å². The van der Waals surface area contributed by atoms with Gasteiger partial charge >= 0.3 is 0 Å². The number of nitrogens with zero attached hydrogens (tertiary/aromatic N) is 4. The number of halogens is 1. The molecule has 4 rings (SSSR count). The van der Waals surface area contributed by atoms with Crippen molar-refractivity contribution in [1.82, 2.24) is 14.9 Å². The zero-order valence-corrected chi connectivity index (χ0v) is 15.1. The lowest BCUT2D eigenvalue weighted by Gasteiger charge is -2.32. The summed E-state index contributed by atoms with van der Waals surface area (Å²) in [6.45, 7) is -2.23. The Morgan fingerprint density at radius 1 is 1.46 bits per heavy atom. The highest BCUT2D eigenvalue weighted by Crippen LogP contribution is 2.32. The first-order valence-corrected chi connectivity index (χ1v) is 9.07. The molecule has 2 aromatic heterocycles. The zero-order chi connectivity index (χ0) is 25.0. The molecule has 0 radical (unpaired) electrons. The van der Waals surface area contributed by atoms with Gasteiger partial charge in [-0.15, -0.1) is 11.3 Å². The molecule has 0 atom stereocenters. The zero-order valence-electron chi connectivity index (χ0n) is 21.5. The topological polar surface area (TPSA) is 64.8 Å². The summed E-state index contributed by atoms with van der Waals surface area (Å²) in [4.78, 5) is 10.0. The first kappa shape index (κ1) is 10.2. The van der Waals surface area contributed by atoms with Gasteiger partial charge in [-0.1, -0.05) is 23.7 Å². The molecular weight excluding hydrogens is 366 g/mol. The van der Waals surface area contributed by atoms with E-state index >= 15 is 0 Å². The number of nitrogens with one attached hydrogen (secondary N) is 1. The van der Waals surface area contributed by atoms with Crippen LogP contribution in [-0.2, 0) is 6.50 Å². The van der Waals surface area contributed by atoms with Crippen molar-refractivity contribution >= 4 is 39.0 Å². The fourth-order valence-corrected chi connectivity index (χ4v) is 3.62. The molecule has 1 aliphatic rings. The van der Waals surface area contributed by atoms with Crippen LogP contribution in [0.5, 0.6) is 0 Å². The normalized spacial score (nSPS) is 22.0. The van der Waals surface area contributed by atoms with E-state index in [0.29, 0.717) is 4.83 Å². The standard InChI is InChI=1S/C19H18ClN5S/c20-17-9-16-18(22-12-23-19(16)26-17)24-15-4-6-25(7-5-15)11-14-3-1-2-13(8-14)10-21/h1-3,8-9,12,15H,4-7,11H2,(H,22,23,24)/i2D,3D,8D,9D,11D2,15D/hD.